The standard InChI is InChI=1S/C31H36ClN5O6/c1-36(15-16-42-2)30(40)21-9-11-24-23(17-21)26(27(43-24)29(39)34-25-12-10-22(32)18-33-25)35-28(38)19-5-7-20(8-6-19)31(41)37-13-3-4-14-37/h9-12,17-20H,3-8,13-16H2,1-2H3,(H,35,38)(H,33,34,39)/t19-,20-. The van der Waals surface area contributed by atoms with Gasteiger partial charge in [-0.15, -0.1) is 0 Å². The quantitative estimate of drug-likeness (QED) is 0.355. The maximum Gasteiger partial charge on any atom is 0.294 e. The van der Waals surface area contributed by atoms with Crippen LogP contribution in [0.1, 0.15) is 59.4 Å². The molecule has 1 aliphatic carbocycles. The molecule has 1 saturated heterocycles. The normalized spacial score (nSPS) is 18.4. The van der Waals surface area contributed by atoms with Crippen molar-refractivity contribution < 1.29 is 28.3 Å². The van der Waals surface area contributed by atoms with E-state index in [0.717, 1.165) is 25.9 Å². The number of benzene rings is 1. The number of aromatic nitrogens is 1. The van der Waals surface area contributed by atoms with Gasteiger partial charge in [0.1, 0.15) is 17.1 Å². The molecular formula is C31H36ClN5O6. The highest BCUT2D eigenvalue weighted by Crippen LogP contribution is 2.36. The molecule has 0 bridgehead atoms. The van der Waals surface area contributed by atoms with Gasteiger partial charge in [-0.1, -0.05) is 11.6 Å². The molecule has 228 valence electrons. The van der Waals surface area contributed by atoms with E-state index in [2.05, 4.69) is 15.6 Å². The fourth-order valence-electron chi connectivity index (χ4n) is 5.71. The van der Waals surface area contributed by atoms with Crippen LogP contribution in [0.2, 0.25) is 5.02 Å². The Morgan fingerprint density at radius 2 is 1.77 bits per heavy atom. The molecule has 0 spiro atoms. The molecule has 4 amide bonds. The molecule has 0 atom stereocenters. The molecule has 11 nitrogen and oxygen atoms in total. The molecule has 2 aliphatic rings. The van der Waals surface area contributed by atoms with Crippen LogP contribution in [0.5, 0.6) is 0 Å². The summed E-state index contributed by atoms with van der Waals surface area (Å²) in [6.45, 7) is 2.41. The Morgan fingerprint density at radius 1 is 1.05 bits per heavy atom. The van der Waals surface area contributed by atoms with Crippen molar-refractivity contribution in [2.24, 2.45) is 11.8 Å². The number of nitrogens with one attached hydrogen (secondary N) is 2. The van der Waals surface area contributed by atoms with Crippen molar-refractivity contribution in [3.05, 3.63) is 52.9 Å². The summed E-state index contributed by atoms with van der Waals surface area (Å²) in [5.41, 5.74) is 0.881. The average molecular weight is 610 g/mol. The van der Waals surface area contributed by atoms with E-state index in [1.54, 1.807) is 44.5 Å². The number of fused-ring (bicyclic) bond motifs is 1. The van der Waals surface area contributed by atoms with Crippen LogP contribution in [0.3, 0.4) is 0 Å². The van der Waals surface area contributed by atoms with E-state index >= 15 is 0 Å². The van der Waals surface area contributed by atoms with Gasteiger partial charge >= 0.3 is 0 Å². The molecule has 2 aromatic heterocycles. The Kier molecular flexibility index (Phi) is 9.62. The number of likely N-dealkylation sites (N-methyl/N-ethyl adjacent to an activating group) is 1. The predicted molar refractivity (Wildman–Crippen MR) is 162 cm³/mol. The van der Waals surface area contributed by atoms with Crippen molar-refractivity contribution in [3.8, 4) is 0 Å². The lowest BCUT2D eigenvalue weighted by molar-refractivity contribution is -0.136. The number of carbonyl (C=O) groups excluding carboxylic acids is 4. The molecule has 2 fully saturated rings. The fourth-order valence-corrected chi connectivity index (χ4v) is 5.82. The van der Waals surface area contributed by atoms with Crippen LogP contribution in [-0.2, 0) is 14.3 Å². The molecule has 1 aliphatic heterocycles. The number of likely N-dealkylation sites (tertiary alicyclic amines) is 1. The lowest BCUT2D eigenvalue weighted by Gasteiger charge is -2.29. The third-order valence-corrected chi connectivity index (χ3v) is 8.42. The molecule has 1 saturated carbocycles. The molecule has 1 aromatic carbocycles. The van der Waals surface area contributed by atoms with Crippen LogP contribution in [0.4, 0.5) is 11.5 Å². The van der Waals surface area contributed by atoms with E-state index in [-0.39, 0.29) is 46.8 Å². The first-order valence-electron chi connectivity index (χ1n) is 14.6. The molecule has 5 rings (SSSR count). The van der Waals surface area contributed by atoms with Gasteiger partial charge in [-0.2, -0.15) is 0 Å². The lowest BCUT2D eigenvalue weighted by atomic mass is 9.81. The highest BCUT2D eigenvalue weighted by molar-refractivity contribution is 6.30. The summed E-state index contributed by atoms with van der Waals surface area (Å²) in [6, 6.07) is 7.98. The Hall–Kier alpha value is -3.96. The Morgan fingerprint density at radius 3 is 2.44 bits per heavy atom. The number of amides is 4. The van der Waals surface area contributed by atoms with Gasteiger partial charge < -0.3 is 29.6 Å². The second-order valence-electron chi connectivity index (χ2n) is 11.1. The molecule has 3 aromatic rings. The van der Waals surface area contributed by atoms with Crippen molar-refractivity contribution in [2.45, 2.75) is 38.5 Å². The van der Waals surface area contributed by atoms with Crippen molar-refractivity contribution in [1.29, 1.82) is 0 Å². The summed E-state index contributed by atoms with van der Waals surface area (Å²) in [4.78, 5) is 60.5. The minimum absolute atomic E-state index is 0.0613. The topological polar surface area (TPSA) is 134 Å². The van der Waals surface area contributed by atoms with E-state index < -0.39 is 5.91 Å². The number of ether oxygens (including phenoxy) is 1. The minimum Gasteiger partial charge on any atom is -0.449 e. The SMILES string of the molecule is COCCN(C)C(=O)c1ccc2oc(C(=O)Nc3ccc(Cl)cn3)c(NC(=O)[C@H]3CC[C@H](C(=O)N4CCCC4)CC3)c2c1. The maximum absolute atomic E-state index is 13.6. The van der Waals surface area contributed by atoms with Gasteiger partial charge in [0.05, 0.1) is 11.6 Å². The molecule has 3 heterocycles. The maximum atomic E-state index is 13.6. The van der Waals surface area contributed by atoms with Crippen molar-refractivity contribution in [1.82, 2.24) is 14.8 Å². The van der Waals surface area contributed by atoms with Gasteiger partial charge in [0.15, 0.2) is 0 Å². The second kappa shape index (κ2) is 13.6. The van der Waals surface area contributed by atoms with Gasteiger partial charge in [0, 0.05) is 62.8 Å². The number of rotatable bonds is 9. The number of pyridine rings is 1. The second-order valence-corrected chi connectivity index (χ2v) is 11.6. The number of nitrogens with zero attached hydrogens (tertiary/aromatic N) is 3. The van der Waals surface area contributed by atoms with Crippen molar-refractivity contribution in [2.75, 3.05) is 51.0 Å². The van der Waals surface area contributed by atoms with Crippen molar-refractivity contribution >= 4 is 57.7 Å². The summed E-state index contributed by atoms with van der Waals surface area (Å²) in [6.07, 6.45) is 5.91. The number of furan rings is 1. The number of carbonyl (C=O) groups is 4. The van der Waals surface area contributed by atoms with Crippen molar-refractivity contribution in [3.63, 3.8) is 0 Å². The van der Waals surface area contributed by atoms with Gasteiger partial charge in [-0.25, -0.2) is 4.98 Å². The van der Waals surface area contributed by atoms with Crippen LogP contribution < -0.4 is 10.6 Å². The highest BCUT2D eigenvalue weighted by Gasteiger charge is 2.34. The average Bonchev–Trinajstić information content (AvgIpc) is 3.69. The van der Waals surface area contributed by atoms with Crippen LogP contribution in [0.25, 0.3) is 11.0 Å². The van der Waals surface area contributed by atoms with E-state index in [0.29, 0.717) is 60.4 Å². The first kappa shape index (κ1) is 30.5. The monoisotopic (exact) mass is 609 g/mol. The number of hydrogen-bond donors (Lipinski definition) is 2. The minimum atomic E-state index is -0.619. The third kappa shape index (κ3) is 7.00. The largest absolute Gasteiger partial charge is 0.449 e. The van der Waals surface area contributed by atoms with E-state index in [4.69, 9.17) is 20.8 Å². The summed E-state index contributed by atoms with van der Waals surface area (Å²) < 4.78 is 11.0. The zero-order valence-corrected chi connectivity index (χ0v) is 25.1. The number of hydrogen-bond acceptors (Lipinski definition) is 7. The summed E-state index contributed by atoms with van der Waals surface area (Å²) in [5.74, 6) is -1.18. The van der Waals surface area contributed by atoms with Crippen LogP contribution in [0, 0.1) is 11.8 Å². The summed E-state index contributed by atoms with van der Waals surface area (Å²) >= 11 is 5.92. The molecule has 0 unspecified atom stereocenters. The number of methoxy groups -OCH3 is 1. The summed E-state index contributed by atoms with van der Waals surface area (Å²) in [7, 11) is 3.24. The Bertz CT molecular complexity index is 1490. The first-order valence-corrected chi connectivity index (χ1v) is 15.0. The van der Waals surface area contributed by atoms with Gasteiger partial charge in [-0.05, 0) is 68.9 Å². The first-order chi connectivity index (χ1) is 20.7. The molecule has 2 N–H and O–H groups in total. The van der Waals surface area contributed by atoms with Gasteiger partial charge in [-0.3, -0.25) is 19.2 Å². The van der Waals surface area contributed by atoms with Crippen LogP contribution in [-0.4, -0.2) is 78.8 Å². The number of halogens is 1. The fraction of sp³-hybridized carbons (Fsp3) is 0.452. The van der Waals surface area contributed by atoms with Gasteiger partial charge in [0.25, 0.3) is 11.8 Å². The molecule has 43 heavy (non-hydrogen) atoms. The number of anilines is 2. The van der Waals surface area contributed by atoms with Crippen LogP contribution in [0.15, 0.2) is 40.9 Å². The Labute approximate surface area is 254 Å². The smallest absolute Gasteiger partial charge is 0.294 e. The molecular weight excluding hydrogens is 574 g/mol. The molecule has 12 heteroatoms. The Balaban J connectivity index is 1.38. The third-order valence-electron chi connectivity index (χ3n) is 8.20. The summed E-state index contributed by atoms with van der Waals surface area (Å²) in [5, 5.41) is 6.45. The predicted octanol–water partition coefficient (Wildman–Crippen LogP) is 4.82. The zero-order chi connectivity index (χ0) is 30.5. The van der Waals surface area contributed by atoms with E-state index in [9.17, 15) is 19.2 Å². The highest BCUT2D eigenvalue weighted by atomic mass is 35.5. The van der Waals surface area contributed by atoms with Crippen LogP contribution >= 0.6 is 11.6 Å². The van der Waals surface area contributed by atoms with E-state index in [1.165, 1.54) is 11.1 Å². The molecule has 0 radical (unpaired) electrons. The van der Waals surface area contributed by atoms with E-state index in [1.807, 2.05) is 4.90 Å². The zero-order valence-electron chi connectivity index (χ0n) is 24.4. The lowest BCUT2D eigenvalue weighted by Crippen LogP contribution is -2.37. The van der Waals surface area contributed by atoms with Gasteiger partial charge in [0.2, 0.25) is 17.6 Å².